The quantitative estimate of drug-likeness (QED) is 0.695. The summed E-state index contributed by atoms with van der Waals surface area (Å²) in [6, 6.07) is 12.9. The molecule has 0 radical (unpaired) electrons. The van der Waals surface area contributed by atoms with Gasteiger partial charge in [-0.25, -0.2) is 4.79 Å². The van der Waals surface area contributed by atoms with Gasteiger partial charge in [-0.2, -0.15) is 0 Å². The number of methoxy groups -OCH3 is 1. The normalized spacial score (nSPS) is 10.2. The third kappa shape index (κ3) is 5.23. The van der Waals surface area contributed by atoms with Crippen molar-refractivity contribution in [2.75, 3.05) is 42.3 Å². The molecule has 0 atom stereocenters. The van der Waals surface area contributed by atoms with Crippen molar-refractivity contribution in [3.05, 3.63) is 53.6 Å². The van der Waals surface area contributed by atoms with Crippen molar-refractivity contribution in [1.29, 1.82) is 0 Å². The van der Waals surface area contributed by atoms with E-state index in [1.54, 1.807) is 24.3 Å². The van der Waals surface area contributed by atoms with E-state index < -0.39 is 5.97 Å². The molecule has 6 nitrogen and oxygen atoms in total. The van der Waals surface area contributed by atoms with E-state index in [1.807, 2.05) is 19.1 Å². The molecule has 0 unspecified atom stereocenters. The number of amides is 1. The van der Waals surface area contributed by atoms with E-state index in [0.717, 1.165) is 24.3 Å². The molecule has 0 bridgehead atoms. The maximum Gasteiger partial charge on any atom is 0.339 e. The molecule has 0 fully saturated rings. The van der Waals surface area contributed by atoms with Crippen molar-refractivity contribution in [2.45, 2.75) is 20.8 Å². The molecule has 0 saturated carbocycles. The summed E-state index contributed by atoms with van der Waals surface area (Å²) in [5, 5.41) is 5.90. The van der Waals surface area contributed by atoms with Gasteiger partial charge in [0.15, 0.2) is 0 Å². The SMILES string of the molecule is CCN(CC)c1ccc(NCC(=O)Nc2ccccc2C(=O)OC)c(C)c1. The van der Waals surface area contributed by atoms with Crippen LogP contribution in [0.3, 0.4) is 0 Å². The zero-order valence-electron chi connectivity index (χ0n) is 16.3. The Morgan fingerprint density at radius 1 is 1.04 bits per heavy atom. The smallest absolute Gasteiger partial charge is 0.339 e. The van der Waals surface area contributed by atoms with Gasteiger partial charge in [0.1, 0.15) is 0 Å². The number of esters is 1. The minimum Gasteiger partial charge on any atom is -0.465 e. The van der Waals surface area contributed by atoms with Crippen LogP contribution in [-0.4, -0.2) is 38.6 Å². The number of hydrogen-bond donors (Lipinski definition) is 2. The Kier molecular flexibility index (Phi) is 7.23. The van der Waals surface area contributed by atoms with Gasteiger partial charge in [0.05, 0.1) is 24.9 Å². The number of para-hydroxylation sites is 1. The number of rotatable bonds is 8. The molecule has 2 rings (SSSR count). The van der Waals surface area contributed by atoms with Crippen molar-refractivity contribution < 1.29 is 14.3 Å². The summed E-state index contributed by atoms with van der Waals surface area (Å²) in [6.45, 7) is 8.26. The molecule has 0 aromatic heterocycles. The van der Waals surface area contributed by atoms with Gasteiger partial charge in [-0.05, 0) is 56.7 Å². The maximum atomic E-state index is 12.3. The number of carbonyl (C=O) groups is 2. The van der Waals surface area contributed by atoms with Crippen molar-refractivity contribution in [1.82, 2.24) is 0 Å². The van der Waals surface area contributed by atoms with Crippen LogP contribution < -0.4 is 15.5 Å². The summed E-state index contributed by atoms with van der Waals surface area (Å²) in [5.41, 5.74) is 3.90. The monoisotopic (exact) mass is 369 g/mol. The zero-order valence-corrected chi connectivity index (χ0v) is 16.3. The van der Waals surface area contributed by atoms with Gasteiger partial charge < -0.3 is 20.3 Å². The highest BCUT2D eigenvalue weighted by Gasteiger charge is 2.13. The molecule has 2 aromatic carbocycles. The Balaban J connectivity index is 2.01. The van der Waals surface area contributed by atoms with Crippen molar-refractivity contribution in [3.8, 4) is 0 Å². The minimum atomic E-state index is -0.485. The van der Waals surface area contributed by atoms with Gasteiger partial charge >= 0.3 is 5.97 Å². The lowest BCUT2D eigenvalue weighted by atomic mass is 10.1. The van der Waals surface area contributed by atoms with Crippen molar-refractivity contribution in [2.24, 2.45) is 0 Å². The Morgan fingerprint density at radius 3 is 2.37 bits per heavy atom. The van der Waals surface area contributed by atoms with Crippen LogP contribution in [0.15, 0.2) is 42.5 Å². The number of nitrogens with zero attached hydrogens (tertiary/aromatic N) is 1. The standard InChI is InChI=1S/C21H27N3O3/c1-5-24(6-2)16-11-12-18(15(3)13-16)22-14-20(25)23-19-10-8-7-9-17(19)21(26)27-4/h7-13,22H,5-6,14H2,1-4H3,(H,23,25). The fourth-order valence-corrected chi connectivity index (χ4v) is 2.88. The number of anilines is 3. The third-order valence-electron chi connectivity index (χ3n) is 4.38. The molecule has 0 saturated heterocycles. The molecule has 0 spiro atoms. The van der Waals surface area contributed by atoms with Crippen LogP contribution in [0.25, 0.3) is 0 Å². The van der Waals surface area contributed by atoms with Gasteiger partial charge in [-0.15, -0.1) is 0 Å². The molecule has 0 heterocycles. The van der Waals surface area contributed by atoms with Crippen LogP contribution >= 0.6 is 0 Å². The minimum absolute atomic E-state index is 0.0982. The van der Waals surface area contributed by atoms with Gasteiger partial charge in [0.2, 0.25) is 5.91 Å². The van der Waals surface area contributed by atoms with E-state index in [1.165, 1.54) is 12.8 Å². The van der Waals surface area contributed by atoms with E-state index in [4.69, 9.17) is 4.74 Å². The van der Waals surface area contributed by atoms with Gasteiger partial charge in [-0.3, -0.25) is 4.79 Å². The molecular formula is C21H27N3O3. The largest absolute Gasteiger partial charge is 0.465 e. The Labute approximate surface area is 160 Å². The van der Waals surface area contributed by atoms with Crippen LogP contribution in [0.5, 0.6) is 0 Å². The zero-order chi connectivity index (χ0) is 19.8. The van der Waals surface area contributed by atoms with Crippen LogP contribution in [-0.2, 0) is 9.53 Å². The van der Waals surface area contributed by atoms with Crippen LogP contribution in [0.2, 0.25) is 0 Å². The van der Waals surface area contributed by atoms with Gasteiger partial charge in [0.25, 0.3) is 0 Å². The Bertz CT molecular complexity index is 801. The number of hydrogen-bond acceptors (Lipinski definition) is 5. The summed E-state index contributed by atoms with van der Waals surface area (Å²) in [5.74, 6) is -0.722. The summed E-state index contributed by atoms with van der Waals surface area (Å²) >= 11 is 0. The van der Waals surface area contributed by atoms with Crippen LogP contribution in [0.1, 0.15) is 29.8 Å². The number of carbonyl (C=O) groups excluding carboxylic acids is 2. The van der Waals surface area contributed by atoms with E-state index in [2.05, 4.69) is 35.4 Å². The molecule has 1 amide bonds. The molecule has 0 aliphatic carbocycles. The molecule has 144 valence electrons. The first-order chi connectivity index (χ1) is 13.0. The van der Waals surface area contributed by atoms with Gasteiger partial charge in [0, 0.05) is 24.5 Å². The molecule has 2 aromatic rings. The summed E-state index contributed by atoms with van der Waals surface area (Å²) in [6.07, 6.45) is 0. The molecule has 2 N–H and O–H groups in total. The third-order valence-corrected chi connectivity index (χ3v) is 4.38. The van der Waals surface area contributed by atoms with E-state index >= 15 is 0 Å². The molecule has 0 aliphatic rings. The van der Waals surface area contributed by atoms with E-state index in [-0.39, 0.29) is 12.5 Å². The summed E-state index contributed by atoms with van der Waals surface area (Å²) in [4.78, 5) is 26.3. The van der Waals surface area contributed by atoms with E-state index in [0.29, 0.717) is 11.3 Å². The second kappa shape index (κ2) is 9.62. The lowest BCUT2D eigenvalue weighted by molar-refractivity contribution is -0.114. The second-order valence-corrected chi connectivity index (χ2v) is 6.11. The molecule has 27 heavy (non-hydrogen) atoms. The summed E-state index contributed by atoms with van der Waals surface area (Å²) in [7, 11) is 1.31. The molecule has 6 heteroatoms. The average molecular weight is 369 g/mol. The first-order valence-electron chi connectivity index (χ1n) is 9.06. The highest BCUT2D eigenvalue weighted by atomic mass is 16.5. The fraction of sp³-hybridized carbons (Fsp3) is 0.333. The second-order valence-electron chi connectivity index (χ2n) is 6.11. The highest BCUT2D eigenvalue weighted by Crippen LogP contribution is 2.22. The van der Waals surface area contributed by atoms with E-state index in [9.17, 15) is 9.59 Å². The number of ether oxygens (including phenoxy) is 1. The topological polar surface area (TPSA) is 70.7 Å². The predicted octanol–water partition coefficient (Wildman–Crippen LogP) is 3.68. The Hall–Kier alpha value is -3.02. The van der Waals surface area contributed by atoms with Crippen LogP contribution in [0, 0.1) is 6.92 Å². The van der Waals surface area contributed by atoms with Crippen molar-refractivity contribution >= 4 is 28.9 Å². The lowest BCUT2D eigenvalue weighted by Gasteiger charge is -2.22. The maximum absolute atomic E-state index is 12.3. The number of aryl methyl sites for hydroxylation is 1. The van der Waals surface area contributed by atoms with Gasteiger partial charge in [-0.1, -0.05) is 12.1 Å². The first kappa shape index (κ1) is 20.3. The number of benzene rings is 2. The predicted molar refractivity (Wildman–Crippen MR) is 110 cm³/mol. The molecule has 0 aliphatic heterocycles. The molecular weight excluding hydrogens is 342 g/mol. The first-order valence-corrected chi connectivity index (χ1v) is 9.06. The average Bonchev–Trinajstić information content (AvgIpc) is 2.68. The summed E-state index contributed by atoms with van der Waals surface area (Å²) < 4.78 is 4.74. The lowest BCUT2D eigenvalue weighted by Crippen LogP contribution is -2.24. The Morgan fingerprint density at radius 2 is 1.74 bits per heavy atom. The van der Waals surface area contributed by atoms with Crippen LogP contribution in [0.4, 0.5) is 17.1 Å². The fourth-order valence-electron chi connectivity index (χ4n) is 2.88. The highest BCUT2D eigenvalue weighted by molar-refractivity contribution is 6.02. The number of nitrogens with one attached hydrogen (secondary N) is 2. The van der Waals surface area contributed by atoms with Crippen molar-refractivity contribution in [3.63, 3.8) is 0 Å².